The van der Waals surface area contributed by atoms with Crippen LogP contribution in [0.1, 0.15) is 23.7 Å². The Morgan fingerprint density at radius 3 is 2.67 bits per heavy atom. The Morgan fingerprint density at radius 2 is 2.00 bits per heavy atom. The molecule has 0 aliphatic heterocycles. The number of hydrogen-bond donors (Lipinski definition) is 0. The third-order valence-electron chi connectivity index (χ3n) is 3.50. The van der Waals surface area contributed by atoms with E-state index < -0.39 is 0 Å². The first-order valence-corrected chi connectivity index (χ1v) is 7.31. The van der Waals surface area contributed by atoms with E-state index in [2.05, 4.69) is 34.7 Å². The van der Waals surface area contributed by atoms with Crippen molar-refractivity contribution < 1.29 is 4.74 Å². The molecule has 1 heterocycles. The maximum Gasteiger partial charge on any atom is 0.132 e. The molecule has 4 heteroatoms. The topological polar surface area (TPSA) is 27.1 Å². The number of aromatic nitrogens is 2. The van der Waals surface area contributed by atoms with Crippen LogP contribution in [-0.4, -0.2) is 16.7 Å². The van der Waals surface area contributed by atoms with Gasteiger partial charge in [-0.25, -0.2) is 4.98 Å². The lowest BCUT2D eigenvalue weighted by molar-refractivity contribution is 0.415. The van der Waals surface area contributed by atoms with Crippen LogP contribution in [-0.2, 0) is 0 Å². The summed E-state index contributed by atoms with van der Waals surface area (Å²) in [6.45, 7) is 4.02. The number of halogens is 1. The number of nitrogens with zero attached hydrogens (tertiary/aromatic N) is 2. The van der Waals surface area contributed by atoms with Gasteiger partial charge < -0.3 is 4.74 Å². The minimum atomic E-state index is -0.177. The molecular formula is C17H17ClN2O. The molecule has 3 rings (SSSR count). The Bertz CT molecular complexity index is 793. The molecule has 2 aromatic carbocycles. The molecule has 0 aliphatic rings. The number of benzene rings is 2. The number of ether oxygens (including phenoxy) is 1. The fourth-order valence-corrected chi connectivity index (χ4v) is 2.66. The van der Waals surface area contributed by atoms with Crippen LogP contribution < -0.4 is 4.74 Å². The molecule has 1 aromatic heterocycles. The lowest BCUT2D eigenvalue weighted by Gasteiger charge is -2.11. The van der Waals surface area contributed by atoms with Crippen molar-refractivity contribution in [1.82, 2.24) is 9.55 Å². The fourth-order valence-electron chi connectivity index (χ4n) is 2.51. The molecule has 0 fully saturated rings. The van der Waals surface area contributed by atoms with Crippen LogP contribution in [0.3, 0.4) is 0 Å². The first-order valence-electron chi connectivity index (χ1n) is 6.87. The van der Waals surface area contributed by atoms with E-state index in [1.165, 1.54) is 5.56 Å². The summed E-state index contributed by atoms with van der Waals surface area (Å²) in [6, 6.07) is 14.2. The van der Waals surface area contributed by atoms with E-state index in [1.54, 1.807) is 7.11 Å². The predicted molar refractivity (Wildman–Crippen MR) is 86.6 cm³/mol. The molecular weight excluding hydrogens is 284 g/mol. The van der Waals surface area contributed by atoms with Crippen LogP contribution >= 0.6 is 11.6 Å². The first kappa shape index (κ1) is 14.0. The molecule has 0 saturated heterocycles. The molecule has 3 aromatic rings. The third-order valence-corrected chi connectivity index (χ3v) is 3.70. The number of fused-ring (bicyclic) bond motifs is 1. The Morgan fingerprint density at radius 1 is 1.19 bits per heavy atom. The van der Waals surface area contributed by atoms with Crippen molar-refractivity contribution in [3.05, 3.63) is 53.9 Å². The second-order valence-corrected chi connectivity index (χ2v) is 5.77. The quantitative estimate of drug-likeness (QED) is 0.659. The van der Waals surface area contributed by atoms with Gasteiger partial charge in [0.15, 0.2) is 0 Å². The molecule has 1 unspecified atom stereocenters. The number of aryl methyl sites for hydroxylation is 1. The molecule has 0 amide bonds. The molecule has 108 valence electrons. The highest BCUT2D eigenvalue weighted by molar-refractivity contribution is 6.20. The van der Waals surface area contributed by atoms with Crippen LogP contribution in [0.5, 0.6) is 5.75 Å². The van der Waals surface area contributed by atoms with Gasteiger partial charge in [-0.2, -0.15) is 0 Å². The van der Waals surface area contributed by atoms with E-state index in [9.17, 15) is 0 Å². The highest BCUT2D eigenvalue weighted by atomic mass is 35.5. The second-order valence-electron chi connectivity index (χ2n) is 5.12. The number of imidazole rings is 1. The number of alkyl halides is 1. The summed E-state index contributed by atoms with van der Waals surface area (Å²) in [6.07, 6.45) is 0. The summed E-state index contributed by atoms with van der Waals surface area (Å²) in [5, 5.41) is -0.177. The molecule has 0 spiro atoms. The number of methoxy groups -OCH3 is 1. The number of rotatable bonds is 3. The van der Waals surface area contributed by atoms with Gasteiger partial charge in [0.05, 0.1) is 23.5 Å². The Hall–Kier alpha value is -2.00. The van der Waals surface area contributed by atoms with Gasteiger partial charge in [-0.15, -0.1) is 11.6 Å². The van der Waals surface area contributed by atoms with E-state index in [1.807, 2.05) is 31.2 Å². The van der Waals surface area contributed by atoms with Crippen LogP contribution in [0.15, 0.2) is 42.5 Å². The summed E-state index contributed by atoms with van der Waals surface area (Å²) < 4.78 is 7.39. The minimum absolute atomic E-state index is 0.177. The van der Waals surface area contributed by atoms with Gasteiger partial charge in [-0.1, -0.05) is 12.1 Å². The Labute approximate surface area is 129 Å². The SMILES string of the molecule is COc1ccc2c(c1)nc(C(C)Cl)n2-c1cccc(C)c1. The summed E-state index contributed by atoms with van der Waals surface area (Å²) in [7, 11) is 1.66. The van der Waals surface area contributed by atoms with Crippen molar-refractivity contribution in [3.63, 3.8) is 0 Å². The lowest BCUT2D eigenvalue weighted by Crippen LogP contribution is -2.02. The van der Waals surface area contributed by atoms with Crippen LogP contribution in [0.4, 0.5) is 0 Å². The summed E-state index contributed by atoms with van der Waals surface area (Å²) in [4.78, 5) is 4.68. The van der Waals surface area contributed by atoms with Gasteiger partial charge in [0.25, 0.3) is 0 Å². The van der Waals surface area contributed by atoms with E-state index in [-0.39, 0.29) is 5.38 Å². The Balaban J connectivity index is 2.31. The van der Waals surface area contributed by atoms with E-state index in [0.29, 0.717) is 0 Å². The van der Waals surface area contributed by atoms with Gasteiger partial charge in [-0.3, -0.25) is 4.57 Å². The van der Waals surface area contributed by atoms with E-state index in [0.717, 1.165) is 28.3 Å². The normalized spacial score (nSPS) is 12.6. The first-order chi connectivity index (χ1) is 10.1. The van der Waals surface area contributed by atoms with Crippen molar-refractivity contribution in [2.24, 2.45) is 0 Å². The maximum atomic E-state index is 6.33. The zero-order valence-electron chi connectivity index (χ0n) is 12.3. The molecule has 0 bridgehead atoms. The van der Waals surface area contributed by atoms with Gasteiger partial charge in [0.2, 0.25) is 0 Å². The zero-order valence-corrected chi connectivity index (χ0v) is 13.1. The Kier molecular flexibility index (Phi) is 3.60. The van der Waals surface area contributed by atoms with Crippen LogP contribution in [0.25, 0.3) is 16.7 Å². The molecule has 0 saturated carbocycles. The van der Waals surface area contributed by atoms with Crippen molar-refractivity contribution in [2.45, 2.75) is 19.2 Å². The largest absolute Gasteiger partial charge is 0.497 e. The molecule has 0 aliphatic carbocycles. The standard InChI is InChI=1S/C17H17ClN2O/c1-11-5-4-6-13(9-11)20-16-8-7-14(21-3)10-15(16)19-17(20)12(2)18/h4-10,12H,1-3H3. The highest BCUT2D eigenvalue weighted by Gasteiger charge is 2.16. The summed E-state index contributed by atoms with van der Waals surface area (Å²) in [5.74, 6) is 1.63. The van der Waals surface area contributed by atoms with Crippen molar-refractivity contribution >= 4 is 22.6 Å². The molecule has 1 atom stereocenters. The van der Waals surface area contributed by atoms with Crippen molar-refractivity contribution in [1.29, 1.82) is 0 Å². The van der Waals surface area contributed by atoms with Crippen LogP contribution in [0, 0.1) is 6.92 Å². The fraction of sp³-hybridized carbons (Fsp3) is 0.235. The monoisotopic (exact) mass is 300 g/mol. The van der Waals surface area contributed by atoms with Gasteiger partial charge in [0.1, 0.15) is 11.6 Å². The summed E-state index contributed by atoms with van der Waals surface area (Å²) in [5.41, 5.74) is 4.20. The predicted octanol–water partition coefficient (Wildman–Crippen LogP) is 4.64. The van der Waals surface area contributed by atoms with Gasteiger partial charge >= 0.3 is 0 Å². The second kappa shape index (κ2) is 5.41. The zero-order chi connectivity index (χ0) is 15.0. The van der Waals surface area contributed by atoms with Crippen molar-refractivity contribution in [3.8, 4) is 11.4 Å². The maximum absolute atomic E-state index is 6.33. The van der Waals surface area contributed by atoms with Crippen LogP contribution in [0.2, 0.25) is 0 Å². The average Bonchev–Trinajstić information content (AvgIpc) is 2.85. The van der Waals surface area contributed by atoms with Gasteiger partial charge in [0, 0.05) is 11.8 Å². The smallest absolute Gasteiger partial charge is 0.132 e. The van der Waals surface area contributed by atoms with Crippen molar-refractivity contribution in [2.75, 3.05) is 7.11 Å². The van der Waals surface area contributed by atoms with Gasteiger partial charge in [-0.05, 0) is 43.7 Å². The highest BCUT2D eigenvalue weighted by Crippen LogP contribution is 2.30. The number of hydrogen-bond acceptors (Lipinski definition) is 2. The lowest BCUT2D eigenvalue weighted by atomic mass is 10.2. The molecule has 0 N–H and O–H groups in total. The average molecular weight is 301 g/mol. The van der Waals surface area contributed by atoms with E-state index >= 15 is 0 Å². The molecule has 21 heavy (non-hydrogen) atoms. The molecule has 0 radical (unpaired) electrons. The summed E-state index contributed by atoms with van der Waals surface area (Å²) >= 11 is 6.33. The molecule has 3 nitrogen and oxygen atoms in total. The third kappa shape index (κ3) is 2.49. The minimum Gasteiger partial charge on any atom is -0.497 e. The van der Waals surface area contributed by atoms with E-state index in [4.69, 9.17) is 16.3 Å².